The molecule has 1 fully saturated rings. The van der Waals surface area contributed by atoms with Gasteiger partial charge in [-0.1, -0.05) is 40.8 Å². The van der Waals surface area contributed by atoms with Crippen molar-refractivity contribution in [3.05, 3.63) is 0 Å². The van der Waals surface area contributed by atoms with E-state index in [9.17, 15) is 19.2 Å². The number of methoxy groups -OCH3 is 1. The van der Waals surface area contributed by atoms with Crippen molar-refractivity contribution >= 4 is 32.1 Å². The van der Waals surface area contributed by atoms with Crippen LogP contribution in [-0.4, -0.2) is 60.5 Å². The van der Waals surface area contributed by atoms with Crippen LogP contribution in [0.25, 0.3) is 0 Å². The summed E-state index contributed by atoms with van der Waals surface area (Å²) in [4.78, 5) is 44.7. The molecule has 0 saturated carbocycles. The molecular formula is C20H37NO7Si. The second kappa shape index (κ2) is 9.73. The monoisotopic (exact) mass is 431 g/mol. The van der Waals surface area contributed by atoms with Crippen LogP contribution in [0.3, 0.4) is 0 Å². The Hall–Kier alpha value is -1.90. The summed E-state index contributed by atoms with van der Waals surface area (Å²) >= 11 is 0. The van der Waals surface area contributed by atoms with Gasteiger partial charge in [0.25, 0.3) is 0 Å². The molecule has 1 aliphatic heterocycles. The largest absolute Gasteiger partial charge is 0.480 e. The summed E-state index contributed by atoms with van der Waals surface area (Å²) in [7, 11) is -0.712. The first-order chi connectivity index (χ1) is 12.8. The van der Waals surface area contributed by atoms with Gasteiger partial charge in [-0.3, -0.25) is 19.2 Å². The number of carbonyl (C=O) groups excluding carboxylic acids is 3. The normalized spacial score (nSPS) is 18.1. The number of hydrogen-bond acceptors (Lipinski definition) is 6. The van der Waals surface area contributed by atoms with Gasteiger partial charge >= 0.3 is 17.9 Å². The molecule has 1 saturated heterocycles. The molecule has 2 atom stereocenters. The summed E-state index contributed by atoms with van der Waals surface area (Å²) < 4.78 is 11.2. The van der Waals surface area contributed by atoms with Crippen LogP contribution in [0, 0.1) is 5.92 Å². The van der Waals surface area contributed by atoms with Gasteiger partial charge < -0.3 is 19.1 Å². The van der Waals surface area contributed by atoms with Gasteiger partial charge in [-0.15, -0.1) is 0 Å². The van der Waals surface area contributed by atoms with E-state index in [2.05, 4.69) is 38.6 Å². The smallest absolute Gasteiger partial charge is 0.326 e. The number of ether oxygens (including phenoxy) is 2. The molecule has 1 rings (SSSR count). The molecule has 0 bridgehead atoms. The fourth-order valence-electron chi connectivity index (χ4n) is 2.50. The highest BCUT2D eigenvalue weighted by Crippen LogP contribution is 2.42. The first-order valence-electron chi connectivity index (χ1n) is 9.69. The molecule has 0 aromatic heterocycles. The Kier molecular flexibility index (Phi) is 9.09. The fraction of sp³-hybridized carbons (Fsp3) is 0.800. The number of hydrogen-bond donors (Lipinski definition) is 1. The SMILES string of the molecule is CC(C)(C)[Si](C)(C)N1C(=O)C[C@H]1C(=O)O.COC(=O)C[C@@H](C)C(=O)OC(C)(C)C. The van der Waals surface area contributed by atoms with Crippen molar-refractivity contribution in [2.45, 2.75) is 91.1 Å². The minimum Gasteiger partial charge on any atom is -0.480 e. The van der Waals surface area contributed by atoms with E-state index in [1.165, 1.54) is 7.11 Å². The summed E-state index contributed by atoms with van der Waals surface area (Å²) in [6, 6.07) is -0.585. The lowest BCUT2D eigenvalue weighted by molar-refractivity contribution is -0.162. The first-order valence-corrected chi connectivity index (χ1v) is 12.6. The van der Waals surface area contributed by atoms with E-state index in [1.807, 2.05) is 0 Å². The third-order valence-corrected chi connectivity index (χ3v) is 10.6. The molecule has 1 amide bonds. The average Bonchev–Trinajstić information content (AvgIpc) is 2.49. The van der Waals surface area contributed by atoms with Gasteiger partial charge in [0.05, 0.1) is 25.9 Å². The molecule has 29 heavy (non-hydrogen) atoms. The number of nitrogens with zero attached hydrogens (tertiary/aromatic N) is 1. The van der Waals surface area contributed by atoms with Crippen LogP contribution >= 0.6 is 0 Å². The second-order valence-electron chi connectivity index (χ2n) is 9.85. The molecule has 1 N–H and O–H groups in total. The third kappa shape index (κ3) is 7.79. The van der Waals surface area contributed by atoms with E-state index < -0.39 is 37.7 Å². The number of carboxylic acids is 1. The van der Waals surface area contributed by atoms with Gasteiger partial charge in [-0.25, -0.2) is 0 Å². The number of carbonyl (C=O) groups is 4. The first kappa shape index (κ1) is 27.1. The fourth-order valence-corrected chi connectivity index (χ4v) is 4.91. The highest BCUT2D eigenvalue weighted by atomic mass is 28.3. The zero-order chi connectivity index (χ0) is 23.4. The van der Waals surface area contributed by atoms with Crippen LogP contribution < -0.4 is 0 Å². The Labute approximate surface area is 175 Å². The minimum atomic E-state index is -2.01. The lowest BCUT2D eigenvalue weighted by Crippen LogP contribution is -2.70. The number of rotatable bonds is 5. The number of aliphatic carboxylic acids is 1. The quantitative estimate of drug-likeness (QED) is 0.404. The zero-order valence-corrected chi connectivity index (χ0v) is 20.4. The van der Waals surface area contributed by atoms with E-state index >= 15 is 0 Å². The van der Waals surface area contributed by atoms with Crippen LogP contribution in [0.2, 0.25) is 18.1 Å². The number of β-lactam (4-membered cyclic amide) rings is 1. The molecular weight excluding hydrogens is 394 g/mol. The maximum atomic E-state index is 11.5. The van der Waals surface area contributed by atoms with Crippen LogP contribution in [0.1, 0.15) is 61.3 Å². The summed E-state index contributed by atoms with van der Waals surface area (Å²) in [5.74, 6) is -2.11. The highest BCUT2D eigenvalue weighted by molar-refractivity contribution is 6.80. The van der Waals surface area contributed by atoms with Crippen molar-refractivity contribution in [3.63, 3.8) is 0 Å². The van der Waals surface area contributed by atoms with Crippen molar-refractivity contribution < 1.29 is 33.8 Å². The van der Waals surface area contributed by atoms with Crippen LogP contribution in [0.15, 0.2) is 0 Å². The lowest BCUT2D eigenvalue weighted by atomic mass is 10.1. The van der Waals surface area contributed by atoms with E-state index in [-0.39, 0.29) is 29.8 Å². The number of esters is 2. The van der Waals surface area contributed by atoms with E-state index in [0.717, 1.165) is 0 Å². The van der Waals surface area contributed by atoms with Gasteiger partial charge in [0, 0.05) is 0 Å². The van der Waals surface area contributed by atoms with Crippen molar-refractivity contribution in [2.24, 2.45) is 5.92 Å². The van der Waals surface area contributed by atoms with Crippen molar-refractivity contribution in [3.8, 4) is 0 Å². The molecule has 168 valence electrons. The zero-order valence-electron chi connectivity index (χ0n) is 19.4. The van der Waals surface area contributed by atoms with E-state index in [1.54, 1.807) is 32.3 Å². The number of carboxylic acid groups (broad SMARTS) is 1. The molecule has 0 aromatic carbocycles. The number of amides is 1. The molecule has 0 radical (unpaired) electrons. The van der Waals surface area contributed by atoms with Gasteiger partial charge in [-0.05, 0) is 25.8 Å². The van der Waals surface area contributed by atoms with E-state index in [0.29, 0.717) is 0 Å². The minimum absolute atomic E-state index is 0.00319. The molecule has 8 nitrogen and oxygen atoms in total. The van der Waals surface area contributed by atoms with Gasteiger partial charge in [0.2, 0.25) is 5.91 Å². The molecule has 0 spiro atoms. The van der Waals surface area contributed by atoms with Crippen molar-refractivity contribution in [1.29, 1.82) is 0 Å². The highest BCUT2D eigenvalue weighted by Gasteiger charge is 2.54. The average molecular weight is 432 g/mol. The Morgan fingerprint density at radius 2 is 1.66 bits per heavy atom. The van der Waals surface area contributed by atoms with Crippen molar-refractivity contribution in [1.82, 2.24) is 4.57 Å². The van der Waals surface area contributed by atoms with Crippen molar-refractivity contribution in [2.75, 3.05) is 7.11 Å². The standard InChI is InChI=1S/C10H19NO3Si.C10H18O4/c1-10(2,3)15(4,5)11-7(9(13)14)6-8(11)12;1-7(6-8(11)13-5)9(12)14-10(2,3)4/h7H,6H2,1-5H3,(H,13,14);7H,6H2,1-5H3/t2*7-/m01/s1. The molecule has 0 aromatic rings. The van der Waals surface area contributed by atoms with Crippen LogP contribution in [-0.2, 0) is 28.7 Å². The predicted molar refractivity (Wildman–Crippen MR) is 112 cm³/mol. The Morgan fingerprint density at radius 3 is 1.97 bits per heavy atom. The molecule has 1 aliphatic rings. The Bertz CT molecular complexity index is 632. The summed E-state index contributed by atoms with van der Waals surface area (Å²) in [6.07, 6.45) is 0.229. The summed E-state index contributed by atoms with van der Waals surface area (Å²) in [6.45, 7) is 17.3. The molecule has 9 heteroatoms. The Morgan fingerprint density at radius 1 is 1.17 bits per heavy atom. The lowest BCUT2D eigenvalue weighted by Gasteiger charge is -2.53. The third-order valence-electron chi connectivity index (χ3n) is 5.18. The van der Waals surface area contributed by atoms with E-state index in [4.69, 9.17) is 9.84 Å². The topological polar surface area (TPSA) is 110 Å². The van der Waals surface area contributed by atoms with Crippen LogP contribution in [0.4, 0.5) is 0 Å². The van der Waals surface area contributed by atoms with Gasteiger partial charge in [0.1, 0.15) is 11.6 Å². The summed E-state index contributed by atoms with van der Waals surface area (Å²) in [5, 5.41) is 8.98. The maximum absolute atomic E-state index is 11.5. The predicted octanol–water partition coefficient (Wildman–Crippen LogP) is 3.20. The maximum Gasteiger partial charge on any atom is 0.326 e. The van der Waals surface area contributed by atoms with Gasteiger partial charge in [-0.2, -0.15) is 0 Å². The molecule has 1 heterocycles. The Balaban J connectivity index is 0.000000543. The van der Waals surface area contributed by atoms with Crippen LogP contribution in [0.5, 0.6) is 0 Å². The summed E-state index contributed by atoms with van der Waals surface area (Å²) in [5.41, 5.74) is -0.512. The molecule has 0 unspecified atom stereocenters. The second-order valence-corrected chi connectivity index (χ2v) is 14.9. The van der Waals surface area contributed by atoms with Gasteiger partial charge in [0.15, 0.2) is 8.24 Å². The molecule has 0 aliphatic carbocycles.